The van der Waals surface area contributed by atoms with Crippen molar-refractivity contribution in [3.8, 4) is 0 Å². The van der Waals surface area contributed by atoms with E-state index in [0.29, 0.717) is 31.5 Å². The third kappa shape index (κ3) is 6.66. The number of likely N-dealkylation sites (tertiary alicyclic amines) is 1. The lowest BCUT2D eigenvalue weighted by Crippen LogP contribution is -2.48. The van der Waals surface area contributed by atoms with Gasteiger partial charge in [0.1, 0.15) is 11.4 Å². The number of carbonyl (C=O) groups excluding carboxylic acids is 2. The molecule has 1 heterocycles. The third-order valence-corrected chi connectivity index (χ3v) is 5.78. The molecule has 0 spiro atoms. The van der Waals surface area contributed by atoms with Crippen LogP contribution in [-0.4, -0.2) is 68.1 Å². The first-order valence-corrected chi connectivity index (χ1v) is 10.9. The van der Waals surface area contributed by atoms with E-state index >= 15 is 0 Å². The molecule has 0 bridgehead atoms. The van der Waals surface area contributed by atoms with Crippen LogP contribution in [0.1, 0.15) is 49.5 Å². The van der Waals surface area contributed by atoms with E-state index in [2.05, 4.69) is 4.74 Å². The fourth-order valence-corrected chi connectivity index (χ4v) is 4.06. The molecule has 1 saturated heterocycles. The second-order valence-electron chi connectivity index (χ2n) is 8.15. The molecule has 168 valence electrons. The van der Waals surface area contributed by atoms with Crippen molar-refractivity contribution in [2.75, 3.05) is 26.7 Å². The van der Waals surface area contributed by atoms with Crippen molar-refractivity contribution in [3.05, 3.63) is 35.1 Å². The largest absolute Gasteiger partial charge is 0.465 e. The fourth-order valence-electron chi connectivity index (χ4n) is 3.30. The van der Waals surface area contributed by atoms with Gasteiger partial charge in [0.2, 0.25) is 10.9 Å². The van der Waals surface area contributed by atoms with Crippen LogP contribution in [0, 0.1) is 5.82 Å². The number of ether oxygens (including phenoxy) is 2. The monoisotopic (exact) mass is 444 g/mol. The van der Waals surface area contributed by atoms with E-state index in [0.717, 1.165) is 6.07 Å². The molecular formula is C20H29FN2O6S. The van der Waals surface area contributed by atoms with Crippen molar-refractivity contribution in [1.82, 2.24) is 9.21 Å². The Balaban J connectivity index is 1.96. The zero-order chi connectivity index (χ0) is 22.5. The van der Waals surface area contributed by atoms with E-state index in [1.807, 2.05) is 0 Å². The smallest absolute Gasteiger partial charge is 0.410 e. The fraction of sp³-hybridized carbons (Fsp3) is 0.600. The van der Waals surface area contributed by atoms with E-state index in [9.17, 15) is 22.4 Å². The molecule has 0 radical (unpaired) electrons. The Morgan fingerprint density at radius 1 is 1.23 bits per heavy atom. The highest BCUT2D eigenvalue weighted by Crippen LogP contribution is 2.20. The molecule has 1 aromatic rings. The van der Waals surface area contributed by atoms with Gasteiger partial charge in [0, 0.05) is 25.7 Å². The number of halogens is 1. The maximum atomic E-state index is 14.3. The number of hydrogen-bond donors (Lipinski definition) is 1. The number of thiol groups is 1. The molecule has 0 aromatic heterocycles. The van der Waals surface area contributed by atoms with Gasteiger partial charge in [-0.1, -0.05) is 6.07 Å². The number of benzene rings is 1. The molecule has 2 rings (SSSR count). The summed E-state index contributed by atoms with van der Waals surface area (Å²) >= 11 is 0. The van der Waals surface area contributed by atoms with Crippen LogP contribution in [0.15, 0.2) is 18.2 Å². The van der Waals surface area contributed by atoms with Crippen LogP contribution < -0.4 is 0 Å². The van der Waals surface area contributed by atoms with Gasteiger partial charge in [0.15, 0.2) is 0 Å². The minimum atomic E-state index is -2.86. The number of piperidine rings is 1. The molecule has 8 nitrogen and oxygen atoms in total. The number of amides is 1. The van der Waals surface area contributed by atoms with Crippen molar-refractivity contribution >= 4 is 23.0 Å². The van der Waals surface area contributed by atoms with Gasteiger partial charge in [0.25, 0.3) is 0 Å². The summed E-state index contributed by atoms with van der Waals surface area (Å²) in [5, 5.41) is 0. The van der Waals surface area contributed by atoms with Gasteiger partial charge in [-0.2, -0.15) is 0 Å². The Morgan fingerprint density at radius 2 is 1.87 bits per heavy atom. The lowest BCUT2D eigenvalue weighted by atomic mass is 10.0. The van der Waals surface area contributed by atoms with Crippen LogP contribution in [-0.2, 0) is 26.8 Å². The average molecular weight is 445 g/mol. The zero-order valence-electron chi connectivity index (χ0n) is 17.7. The second kappa shape index (κ2) is 10.2. The number of rotatable bonds is 6. The first-order chi connectivity index (χ1) is 14.0. The third-order valence-electron chi connectivity index (χ3n) is 4.83. The molecule has 30 heavy (non-hydrogen) atoms. The van der Waals surface area contributed by atoms with Crippen LogP contribution in [0.3, 0.4) is 0 Å². The summed E-state index contributed by atoms with van der Waals surface area (Å²) in [6.45, 7) is 6.27. The highest BCUT2D eigenvalue weighted by Gasteiger charge is 2.30. The topological polar surface area (TPSA) is 93.2 Å². The van der Waals surface area contributed by atoms with Crippen molar-refractivity contribution in [2.45, 2.75) is 51.7 Å². The summed E-state index contributed by atoms with van der Waals surface area (Å²) < 4.78 is 49.1. The van der Waals surface area contributed by atoms with E-state index < -0.39 is 34.4 Å². The number of esters is 1. The first kappa shape index (κ1) is 24.1. The molecule has 1 aliphatic rings. The predicted molar refractivity (Wildman–Crippen MR) is 109 cm³/mol. The molecule has 0 unspecified atom stereocenters. The Hall–Kier alpha value is -2.20. The average Bonchev–Trinajstić information content (AvgIpc) is 2.67. The highest BCUT2D eigenvalue weighted by molar-refractivity contribution is 7.69. The lowest BCUT2D eigenvalue weighted by Gasteiger charge is -2.36. The van der Waals surface area contributed by atoms with Crippen molar-refractivity contribution in [1.29, 1.82) is 0 Å². The molecule has 0 atom stereocenters. The minimum absolute atomic E-state index is 0.0972. The van der Waals surface area contributed by atoms with Crippen LogP contribution >= 0.6 is 0 Å². The van der Waals surface area contributed by atoms with E-state index in [-0.39, 0.29) is 24.6 Å². The molecule has 1 aromatic carbocycles. The zero-order valence-corrected chi connectivity index (χ0v) is 18.6. The van der Waals surface area contributed by atoms with E-state index in [4.69, 9.17) is 4.74 Å². The molecule has 1 aliphatic heterocycles. The second-order valence-corrected chi connectivity index (χ2v) is 9.14. The summed E-state index contributed by atoms with van der Waals surface area (Å²) in [6, 6.07) is 3.73. The van der Waals surface area contributed by atoms with Gasteiger partial charge < -0.3 is 14.4 Å². The normalized spacial score (nSPS) is 15.5. The van der Waals surface area contributed by atoms with Crippen LogP contribution in [0.5, 0.6) is 0 Å². The standard InChI is InChI=1S/C20H29FN2O6S/c1-20(2,3)29-19(25)22-10-8-16(9-11-22)23(30(26)27)12-7-14-5-6-15(13-17(14)21)18(24)28-4/h5-6,13,16,30H,7-12H2,1-4H3. The molecule has 1 amide bonds. The van der Waals surface area contributed by atoms with Crippen LogP contribution in [0.2, 0.25) is 0 Å². The molecule has 0 saturated carbocycles. The number of hydrogen-bond acceptors (Lipinski definition) is 6. The van der Waals surface area contributed by atoms with Crippen molar-refractivity contribution < 1.29 is 31.9 Å². The Labute approximate surface area is 178 Å². The van der Waals surface area contributed by atoms with Crippen molar-refractivity contribution in [3.63, 3.8) is 0 Å². The predicted octanol–water partition coefficient (Wildman–Crippen LogP) is 2.38. The molecule has 0 N–H and O–H groups in total. The van der Waals surface area contributed by atoms with E-state index in [1.165, 1.54) is 23.5 Å². The van der Waals surface area contributed by atoms with Gasteiger partial charge in [-0.3, -0.25) is 0 Å². The summed E-state index contributed by atoms with van der Waals surface area (Å²) in [4.78, 5) is 25.2. The Kier molecular flexibility index (Phi) is 8.19. The maximum absolute atomic E-state index is 14.3. The molecule has 0 aliphatic carbocycles. The van der Waals surface area contributed by atoms with Crippen LogP contribution in [0.4, 0.5) is 9.18 Å². The Bertz CT molecular complexity index is 836. The molecule has 1 fully saturated rings. The summed E-state index contributed by atoms with van der Waals surface area (Å²) in [5.41, 5.74) is -0.179. The highest BCUT2D eigenvalue weighted by atomic mass is 32.2. The SMILES string of the molecule is COC(=O)c1ccc(CCN(C2CCN(C(=O)OC(C)(C)C)CC2)[SH](=O)=O)c(F)c1. The van der Waals surface area contributed by atoms with Crippen LogP contribution in [0.25, 0.3) is 0 Å². The van der Waals surface area contributed by atoms with Gasteiger partial charge in [-0.25, -0.2) is 26.7 Å². The van der Waals surface area contributed by atoms with Gasteiger partial charge in [-0.05, 0) is 57.7 Å². The van der Waals surface area contributed by atoms with E-state index in [1.54, 1.807) is 25.7 Å². The van der Waals surface area contributed by atoms with Gasteiger partial charge >= 0.3 is 12.1 Å². The Morgan fingerprint density at radius 3 is 2.37 bits per heavy atom. The number of carbonyl (C=O) groups is 2. The quantitative estimate of drug-likeness (QED) is 0.535. The minimum Gasteiger partial charge on any atom is -0.465 e. The summed E-state index contributed by atoms with van der Waals surface area (Å²) in [5.74, 6) is -1.22. The maximum Gasteiger partial charge on any atom is 0.410 e. The lowest BCUT2D eigenvalue weighted by molar-refractivity contribution is 0.0179. The number of methoxy groups -OCH3 is 1. The first-order valence-electron chi connectivity index (χ1n) is 9.77. The summed E-state index contributed by atoms with van der Waals surface area (Å²) in [7, 11) is -1.65. The van der Waals surface area contributed by atoms with Gasteiger partial charge in [-0.15, -0.1) is 0 Å². The summed E-state index contributed by atoms with van der Waals surface area (Å²) in [6.07, 6.45) is 0.716. The van der Waals surface area contributed by atoms with Crippen molar-refractivity contribution in [2.24, 2.45) is 0 Å². The molecule has 10 heteroatoms. The molecular weight excluding hydrogens is 415 g/mol. The number of nitrogens with zero attached hydrogens (tertiary/aromatic N) is 2. The van der Waals surface area contributed by atoms with Gasteiger partial charge in [0.05, 0.1) is 12.7 Å².